The summed E-state index contributed by atoms with van der Waals surface area (Å²) in [6.45, 7) is 8.98. The Morgan fingerprint density at radius 3 is 1.94 bits per heavy atom. The molecule has 0 radical (unpaired) electrons. The van der Waals surface area contributed by atoms with Crippen LogP contribution in [0.1, 0.15) is 26.7 Å². The first-order valence-corrected chi connectivity index (χ1v) is 5.86. The Bertz CT molecular complexity index is 182. The summed E-state index contributed by atoms with van der Waals surface area (Å²) in [6, 6.07) is 0.796. The normalized spacial score (nSPS) is 30.7. The van der Waals surface area contributed by atoms with Crippen LogP contribution in [0.3, 0.4) is 0 Å². The fourth-order valence-electron chi connectivity index (χ4n) is 2.69. The van der Waals surface area contributed by atoms with Gasteiger partial charge in [0.05, 0.1) is 12.2 Å². The average molecular weight is 289 g/mol. The second-order valence-corrected chi connectivity index (χ2v) is 4.69. The standard InChI is InChI=1S/C11H22N2O.2ClH.H2O/c1-9-7-13(8-10(2)14-9)11-3-5-12-6-4-11;;;/h9-12H,3-8H2,1-2H3;2*1H;1H2. The van der Waals surface area contributed by atoms with Crippen LogP contribution in [0.15, 0.2) is 0 Å². The largest absolute Gasteiger partial charge is 0.412 e. The van der Waals surface area contributed by atoms with Crippen molar-refractivity contribution in [1.82, 2.24) is 10.2 Å². The van der Waals surface area contributed by atoms with Gasteiger partial charge in [0.2, 0.25) is 0 Å². The molecule has 2 heterocycles. The summed E-state index contributed by atoms with van der Waals surface area (Å²) >= 11 is 0. The molecule has 2 aliphatic heterocycles. The highest BCUT2D eigenvalue weighted by Gasteiger charge is 2.28. The van der Waals surface area contributed by atoms with Crippen molar-refractivity contribution in [2.75, 3.05) is 26.2 Å². The van der Waals surface area contributed by atoms with Crippen LogP contribution in [0.4, 0.5) is 0 Å². The van der Waals surface area contributed by atoms with Gasteiger partial charge in [0.25, 0.3) is 0 Å². The summed E-state index contributed by atoms with van der Waals surface area (Å²) in [6.07, 6.45) is 3.43. The van der Waals surface area contributed by atoms with E-state index in [0.717, 1.165) is 19.1 Å². The summed E-state index contributed by atoms with van der Waals surface area (Å²) in [5.41, 5.74) is 0. The van der Waals surface area contributed by atoms with Crippen molar-refractivity contribution in [1.29, 1.82) is 0 Å². The van der Waals surface area contributed by atoms with E-state index in [0.29, 0.717) is 12.2 Å². The fourth-order valence-corrected chi connectivity index (χ4v) is 2.69. The number of ether oxygens (including phenoxy) is 1. The molecule has 2 rings (SSSR count). The molecule has 2 unspecified atom stereocenters. The number of halogens is 2. The quantitative estimate of drug-likeness (QED) is 0.779. The molecule has 3 N–H and O–H groups in total. The summed E-state index contributed by atoms with van der Waals surface area (Å²) < 4.78 is 5.75. The van der Waals surface area contributed by atoms with Crippen molar-refractivity contribution in [3.63, 3.8) is 0 Å². The number of hydrogen-bond donors (Lipinski definition) is 1. The Morgan fingerprint density at radius 1 is 1.00 bits per heavy atom. The Morgan fingerprint density at radius 2 is 1.47 bits per heavy atom. The molecule has 0 bridgehead atoms. The highest BCUT2D eigenvalue weighted by molar-refractivity contribution is 5.85. The Balaban J connectivity index is 0. The van der Waals surface area contributed by atoms with Crippen molar-refractivity contribution < 1.29 is 10.2 Å². The number of piperidine rings is 1. The molecule has 106 valence electrons. The zero-order valence-corrected chi connectivity index (χ0v) is 12.3. The predicted octanol–water partition coefficient (Wildman–Crippen LogP) is 0.866. The maximum atomic E-state index is 5.75. The first kappa shape index (κ1) is 19.8. The molecule has 2 aliphatic rings. The van der Waals surface area contributed by atoms with E-state index < -0.39 is 0 Å². The third-order valence-corrected chi connectivity index (χ3v) is 3.27. The lowest BCUT2D eigenvalue weighted by molar-refractivity contribution is -0.0832. The second kappa shape index (κ2) is 9.36. The van der Waals surface area contributed by atoms with Crippen molar-refractivity contribution in [3.05, 3.63) is 0 Å². The zero-order valence-electron chi connectivity index (χ0n) is 10.6. The average Bonchev–Trinajstić information content (AvgIpc) is 2.18. The molecule has 0 spiro atoms. The van der Waals surface area contributed by atoms with Gasteiger partial charge >= 0.3 is 0 Å². The highest BCUT2D eigenvalue weighted by atomic mass is 35.5. The molecular weight excluding hydrogens is 263 g/mol. The van der Waals surface area contributed by atoms with Crippen LogP contribution in [0.25, 0.3) is 0 Å². The van der Waals surface area contributed by atoms with E-state index in [-0.39, 0.29) is 30.3 Å². The molecule has 4 nitrogen and oxygen atoms in total. The van der Waals surface area contributed by atoms with Gasteiger partial charge in [-0.15, -0.1) is 24.8 Å². The summed E-state index contributed by atoms with van der Waals surface area (Å²) in [5, 5.41) is 3.42. The van der Waals surface area contributed by atoms with E-state index in [1.807, 2.05) is 0 Å². The van der Waals surface area contributed by atoms with Crippen molar-refractivity contribution in [2.45, 2.75) is 44.9 Å². The SMILES string of the molecule is CC1CN(C2CCNCC2)CC(C)O1.Cl.Cl.O. The lowest BCUT2D eigenvalue weighted by Gasteiger charge is -2.41. The first-order chi connectivity index (χ1) is 6.75. The zero-order chi connectivity index (χ0) is 9.97. The van der Waals surface area contributed by atoms with E-state index in [1.54, 1.807) is 0 Å². The smallest absolute Gasteiger partial charge is 0.0678 e. The predicted molar refractivity (Wildman–Crippen MR) is 75.6 cm³/mol. The first-order valence-electron chi connectivity index (χ1n) is 5.86. The molecule has 2 fully saturated rings. The molecule has 2 saturated heterocycles. The molecular formula is C11H26Cl2N2O2. The minimum absolute atomic E-state index is 0. The van der Waals surface area contributed by atoms with Gasteiger partial charge in [-0.2, -0.15) is 0 Å². The monoisotopic (exact) mass is 288 g/mol. The van der Waals surface area contributed by atoms with E-state index in [9.17, 15) is 0 Å². The molecule has 0 aliphatic carbocycles. The molecule has 0 aromatic carbocycles. The number of rotatable bonds is 1. The van der Waals surface area contributed by atoms with Gasteiger partial charge in [-0.3, -0.25) is 4.90 Å². The molecule has 0 saturated carbocycles. The van der Waals surface area contributed by atoms with Gasteiger partial charge in [-0.1, -0.05) is 0 Å². The minimum atomic E-state index is 0. The molecule has 0 amide bonds. The summed E-state index contributed by atoms with van der Waals surface area (Å²) in [4.78, 5) is 2.62. The van der Waals surface area contributed by atoms with Crippen LogP contribution in [0.5, 0.6) is 0 Å². The van der Waals surface area contributed by atoms with Crippen molar-refractivity contribution in [3.8, 4) is 0 Å². The van der Waals surface area contributed by atoms with Crippen LogP contribution >= 0.6 is 24.8 Å². The Hall–Kier alpha value is 0.420. The minimum Gasteiger partial charge on any atom is -0.412 e. The number of morpholine rings is 1. The van der Waals surface area contributed by atoms with E-state index in [1.165, 1.54) is 25.9 Å². The molecule has 0 aromatic rings. The molecule has 2 atom stereocenters. The Labute approximate surface area is 117 Å². The van der Waals surface area contributed by atoms with Gasteiger partial charge in [0, 0.05) is 19.1 Å². The van der Waals surface area contributed by atoms with Gasteiger partial charge in [0.1, 0.15) is 0 Å². The van der Waals surface area contributed by atoms with Gasteiger partial charge in [-0.25, -0.2) is 0 Å². The van der Waals surface area contributed by atoms with E-state index in [4.69, 9.17) is 4.74 Å². The van der Waals surface area contributed by atoms with Crippen LogP contribution < -0.4 is 5.32 Å². The van der Waals surface area contributed by atoms with Crippen LogP contribution in [0, 0.1) is 0 Å². The fraction of sp³-hybridized carbons (Fsp3) is 1.00. The third-order valence-electron chi connectivity index (χ3n) is 3.27. The van der Waals surface area contributed by atoms with Gasteiger partial charge < -0.3 is 15.5 Å². The molecule has 17 heavy (non-hydrogen) atoms. The summed E-state index contributed by atoms with van der Waals surface area (Å²) in [5.74, 6) is 0. The topological polar surface area (TPSA) is 56.0 Å². The number of nitrogens with one attached hydrogen (secondary N) is 1. The third kappa shape index (κ3) is 5.73. The van der Waals surface area contributed by atoms with Crippen LogP contribution in [0.2, 0.25) is 0 Å². The highest BCUT2D eigenvalue weighted by Crippen LogP contribution is 2.18. The maximum absolute atomic E-state index is 5.75. The van der Waals surface area contributed by atoms with E-state index in [2.05, 4.69) is 24.1 Å². The lowest BCUT2D eigenvalue weighted by atomic mass is 10.0. The van der Waals surface area contributed by atoms with Crippen LogP contribution in [-0.4, -0.2) is 54.8 Å². The molecule has 6 heteroatoms. The second-order valence-electron chi connectivity index (χ2n) is 4.69. The van der Waals surface area contributed by atoms with Gasteiger partial charge in [-0.05, 0) is 39.8 Å². The van der Waals surface area contributed by atoms with Gasteiger partial charge in [0.15, 0.2) is 0 Å². The number of nitrogens with zero attached hydrogens (tertiary/aromatic N) is 1. The maximum Gasteiger partial charge on any atom is 0.0678 e. The lowest BCUT2D eigenvalue weighted by Crippen LogP contribution is -2.52. The van der Waals surface area contributed by atoms with Crippen LogP contribution in [-0.2, 0) is 4.74 Å². The summed E-state index contributed by atoms with van der Waals surface area (Å²) in [7, 11) is 0. The van der Waals surface area contributed by atoms with Crippen molar-refractivity contribution >= 4 is 24.8 Å². The van der Waals surface area contributed by atoms with Crippen molar-refractivity contribution in [2.24, 2.45) is 0 Å². The Kier molecular flexibility index (Phi) is 10.9. The number of hydrogen-bond acceptors (Lipinski definition) is 3. The van der Waals surface area contributed by atoms with E-state index >= 15 is 0 Å². The molecule has 0 aromatic heterocycles.